The van der Waals surface area contributed by atoms with Crippen LogP contribution in [0.3, 0.4) is 0 Å². The van der Waals surface area contributed by atoms with Crippen molar-refractivity contribution in [1.29, 1.82) is 0 Å². The zero-order valence-corrected chi connectivity index (χ0v) is 10.7. The Morgan fingerprint density at radius 3 is 3.11 bits per heavy atom. The van der Waals surface area contributed by atoms with Gasteiger partial charge in [0.1, 0.15) is 11.6 Å². The first kappa shape index (κ1) is 12.4. The van der Waals surface area contributed by atoms with Gasteiger partial charge in [0, 0.05) is 6.42 Å². The molecule has 4 heteroatoms. The lowest BCUT2D eigenvalue weighted by Crippen LogP contribution is -2.26. The van der Waals surface area contributed by atoms with Gasteiger partial charge >= 0.3 is 0 Å². The molecule has 1 fully saturated rings. The fraction of sp³-hybridized carbons (Fsp3) is 0.400. The molecule has 1 atom stereocenters. The summed E-state index contributed by atoms with van der Waals surface area (Å²) in [5.74, 6) is 1.32. The minimum atomic E-state index is -0.216. The first-order valence-corrected chi connectivity index (χ1v) is 6.74. The molecule has 0 saturated carbocycles. The van der Waals surface area contributed by atoms with E-state index >= 15 is 0 Å². The molecule has 2 heterocycles. The van der Waals surface area contributed by atoms with Crippen molar-refractivity contribution in [3.8, 4) is 0 Å². The Balaban J connectivity index is 1.70. The van der Waals surface area contributed by atoms with Crippen LogP contribution in [0.15, 0.2) is 34.9 Å². The van der Waals surface area contributed by atoms with Crippen molar-refractivity contribution in [3.05, 3.63) is 53.5 Å². The summed E-state index contributed by atoms with van der Waals surface area (Å²) in [6.45, 7) is 1.02. The molecule has 1 aromatic heterocycles. The molecule has 19 heavy (non-hydrogen) atoms. The van der Waals surface area contributed by atoms with Crippen molar-refractivity contribution in [2.24, 2.45) is 0 Å². The lowest BCUT2D eigenvalue weighted by Gasteiger charge is -2.20. The van der Waals surface area contributed by atoms with Crippen LogP contribution in [-0.2, 0) is 6.42 Å². The second kappa shape index (κ2) is 5.53. The van der Waals surface area contributed by atoms with Gasteiger partial charge in [0.15, 0.2) is 0 Å². The first-order valence-electron chi connectivity index (χ1n) is 6.74. The third-order valence-electron chi connectivity index (χ3n) is 3.45. The Morgan fingerprint density at radius 1 is 1.37 bits per heavy atom. The van der Waals surface area contributed by atoms with Crippen LogP contribution in [0.1, 0.15) is 42.5 Å². The molecule has 0 spiro atoms. The molecule has 1 aliphatic heterocycles. The topological polar surface area (TPSA) is 38.1 Å². The van der Waals surface area contributed by atoms with Crippen LogP contribution in [0.5, 0.6) is 0 Å². The van der Waals surface area contributed by atoms with Gasteiger partial charge in [-0.15, -0.1) is 0 Å². The first-order chi connectivity index (χ1) is 9.31. The van der Waals surface area contributed by atoms with Crippen LogP contribution >= 0.6 is 0 Å². The molecule has 100 valence electrons. The van der Waals surface area contributed by atoms with E-state index in [4.69, 9.17) is 4.42 Å². The number of hydrogen-bond acceptors (Lipinski definition) is 3. The van der Waals surface area contributed by atoms with Gasteiger partial charge in [0.25, 0.3) is 0 Å². The van der Waals surface area contributed by atoms with Crippen LogP contribution in [0.25, 0.3) is 0 Å². The van der Waals surface area contributed by atoms with E-state index in [-0.39, 0.29) is 11.9 Å². The molecular weight excluding hydrogens is 243 g/mol. The SMILES string of the molecule is Fc1cccc(Cc2cnc(C3CCCCN3)o2)c1. The van der Waals surface area contributed by atoms with Crippen LogP contribution in [0.2, 0.25) is 0 Å². The number of aromatic nitrogens is 1. The maximum absolute atomic E-state index is 13.1. The van der Waals surface area contributed by atoms with E-state index in [9.17, 15) is 4.39 Å². The standard InChI is InChI=1S/C15H17FN2O/c16-12-5-3-4-11(8-12)9-13-10-18-15(19-13)14-6-1-2-7-17-14/h3-5,8,10,14,17H,1-2,6-7,9H2. The van der Waals surface area contributed by atoms with Crippen molar-refractivity contribution in [3.63, 3.8) is 0 Å². The van der Waals surface area contributed by atoms with Crippen LogP contribution in [0.4, 0.5) is 4.39 Å². The number of rotatable bonds is 3. The molecule has 1 unspecified atom stereocenters. The van der Waals surface area contributed by atoms with E-state index in [2.05, 4.69) is 10.3 Å². The van der Waals surface area contributed by atoms with Crippen molar-refractivity contribution in [1.82, 2.24) is 10.3 Å². The van der Waals surface area contributed by atoms with Crippen molar-refractivity contribution >= 4 is 0 Å². The summed E-state index contributed by atoms with van der Waals surface area (Å²) in [6, 6.07) is 6.81. The smallest absolute Gasteiger partial charge is 0.211 e. The van der Waals surface area contributed by atoms with Crippen LogP contribution < -0.4 is 5.32 Å². The second-order valence-electron chi connectivity index (χ2n) is 4.97. The molecule has 0 bridgehead atoms. The number of nitrogens with zero attached hydrogens (tertiary/aromatic N) is 1. The highest BCUT2D eigenvalue weighted by Crippen LogP contribution is 2.23. The molecule has 0 radical (unpaired) electrons. The Kier molecular flexibility index (Phi) is 3.60. The van der Waals surface area contributed by atoms with Gasteiger partial charge in [0.05, 0.1) is 12.2 Å². The molecule has 1 aliphatic rings. The van der Waals surface area contributed by atoms with E-state index in [1.807, 2.05) is 6.07 Å². The number of benzene rings is 1. The van der Waals surface area contributed by atoms with Crippen LogP contribution in [0, 0.1) is 5.82 Å². The molecule has 0 amide bonds. The van der Waals surface area contributed by atoms with Crippen molar-refractivity contribution in [2.45, 2.75) is 31.7 Å². The minimum absolute atomic E-state index is 0.216. The monoisotopic (exact) mass is 260 g/mol. The minimum Gasteiger partial charge on any atom is -0.444 e. The predicted octanol–water partition coefficient (Wildman–Crippen LogP) is 3.22. The van der Waals surface area contributed by atoms with Gasteiger partial charge in [-0.25, -0.2) is 9.37 Å². The molecule has 1 saturated heterocycles. The Hall–Kier alpha value is -1.68. The highest BCUT2D eigenvalue weighted by Gasteiger charge is 2.19. The number of hydrogen-bond donors (Lipinski definition) is 1. The third kappa shape index (κ3) is 3.01. The Bertz CT molecular complexity index is 547. The summed E-state index contributed by atoms with van der Waals surface area (Å²) in [7, 11) is 0. The van der Waals surface area contributed by atoms with Gasteiger partial charge in [-0.1, -0.05) is 18.6 Å². The van der Waals surface area contributed by atoms with Gasteiger partial charge in [-0.2, -0.15) is 0 Å². The fourth-order valence-electron chi connectivity index (χ4n) is 2.48. The summed E-state index contributed by atoms with van der Waals surface area (Å²) < 4.78 is 18.9. The number of nitrogens with one attached hydrogen (secondary N) is 1. The zero-order chi connectivity index (χ0) is 13.1. The lowest BCUT2D eigenvalue weighted by molar-refractivity contribution is 0.331. The summed E-state index contributed by atoms with van der Waals surface area (Å²) in [5.41, 5.74) is 0.902. The largest absolute Gasteiger partial charge is 0.444 e. The highest BCUT2D eigenvalue weighted by molar-refractivity contribution is 5.20. The third-order valence-corrected chi connectivity index (χ3v) is 3.45. The second-order valence-corrected chi connectivity index (χ2v) is 4.97. The molecule has 0 aliphatic carbocycles. The normalized spacial score (nSPS) is 19.5. The maximum atomic E-state index is 13.1. The van der Waals surface area contributed by atoms with Crippen LogP contribution in [-0.4, -0.2) is 11.5 Å². The van der Waals surface area contributed by atoms with E-state index < -0.39 is 0 Å². The zero-order valence-electron chi connectivity index (χ0n) is 10.7. The summed E-state index contributed by atoms with van der Waals surface area (Å²) in [6.07, 6.45) is 5.82. The lowest BCUT2D eigenvalue weighted by atomic mass is 10.1. The average molecular weight is 260 g/mol. The molecule has 3 nitrogen and oxygen atoms in total. The van der Waals surface area contributed by atoms with Gasteiger partial charge in [0.2, 0.25) is 5.89 Å². The maximum Gasteiger partial charge on any atom is 0.211 e. The molecule has 3 rings (SSSR count). The van der Waals surface area contributed by atoms with E-state index in [0.29, 0.717) is 6.42 Å². The predicted molar refractivity (Wildman–Crippen MR) is 70.3 cm³/mol. The summed E-state index contributed by atoms with van der Waals surface area (Å²) in [4.78, 5) is 4.34. The summed E-state index contributed by atoms with van der Waals surface area (Å²) in [5, 5.41) is 3.41. The Labute approximate surface area is 111 Å². The average Bonchev–Trinajstić information content (AvgIpc) is 2.88. The molecule has 1 aromatic carbocycles. The van der Waals surface area contributed by atoms with E-state index in [1.165, 1.54) is 25.0 Å². The molecular formula is C15H17FN2O. The fourth-order valence-corrected chi connectivity index (χ4v) is 2.48. The number of oxazole rings is 1. The van der Waals surface area contributed by atoms with E-state index in [1.54, 1.807) is 12.3 Å². The molecule has 1 N–H and O–H groups in total. The summed E-state index contributed by atoms with van der Waals surface area (Å²) >= 11 is 0. The number of piperidine rings is 1. The van der Waals surface area contributed by atoms with Gasteiger partial charge in [-0.05, 0) is 37.1 Å². The van der Waals surface area contributed by atoms with Crippen molar-refractivity contribution in [2.75, 3.05) is 6.54 Å². The van der Waals surface area contributed by atoms with Crippen molar-refractivity contribution < 1.29 is 8.81 Å². The highest BCUT2D eigenvalue weighted by atomic mass is 19.1. The number of halogens is 1. The van der Waals surface area contributed by atoms with Gasteiger partial charge in [-0.3, -0.25) is 0 Å². The van der Waals surface area contributed by atoms with Gasteiger partial charge < -0.3 is 9.73 Å². The molecule has 2 aromatic rings. The Morgan fingerprint density at radius 2 is 2.32 bits per heavy atom. The van der Waals surface area contributed by atoms with E-state index in [0.717, 1.165) is 30.2 Å². The quantitative estimate of drug-likeness (QED) is 0.920.